The Bertz CT molecular complexity index is 1430. The maximum Gasteiger partial charge on any atom is 0.416 e. The quantitative estimate of drug-likeness (QED) is 0.190. The van der Waals surface area contributed by atoms with Gasteiger partial charge < -0.3 is 35.3 Å². The van der Waals surface area contributed by atoms with Crippen LogP contribution in [-0.4, -0.2) is 96.8 Å². The first kappa shape index (κ1) is 35.3. The molecule has 246 valence electrons. The number of rotatable bonds is 13. The lowest BCUT2D eigenvalue weighted by Gasteiger charge is -2.25. The zero-order valence-corrected chi connectivity index (χ0v) is 27.2. The number of carbonyl (C=O) groups is 4. The van der Waals surface area contributed by atoms with Crippen LogP contribution in [0, 0.1) is 19.7 Å². The topological polar surface area (TPSA) is 145 Å². The Labute approximate surface area is 263 Å². The van der Waals surface area contributed by atoms with Crippen molar-refractivity contribution >= 4 is 41.3 Å². The van der Waals surface area contributed by atoms with E-state index in [4.69, 9.17) is 9.47 Å². The molecule has 0 aliphatic carbocycles. The van der Waals surface area contributed by atoms with Crippen LogP contribution < -0.4 is 16.0 Å². The normalized spacial score (nSPS) is 13.5. The van der Waals surface area contributed by atoms with E-state index in [0.29, 0.717) is 59.9 Å². The van der Waals surface area contributed by atoms with Gasteiger partial charge in [0.05, 0.1) is 11.1 Å². The predicted octanol–water partition coefficient (Wildman–Crippen LogP) is 4.30. The Morgan fingerprint density at radius 2 is 1.76 bits per heavy atom. The number of anilines is 1. The van der Waals surface area contributed by atoms with Crippen LogP contribution >= 0.6 is 0 Å². The molecule has 1 aliphatic heterocycles. The lowest BCUT2D eigenvalue weighted by molar-refractivity contribution is -0.110. The van der Waals surface area contributed by atoms with Gasteiger partial charge in [0.2, 0.25) is 0 Å². The highest BCUT2D eigenvalue weighted by molar-refractivity contribution is 6.35. The van der Waals surface area contributed by atoms with Crippen LogP contribution in [0.2, 0.25) is 0 Å². The third-order valence-corrected chi connectivity index (χ3v) is 7.22. The van der Waals surface area contributed by atoms with E-state index in [1.54, 1.807) is 40.7 Å². The second-order valence-electron chi connectivity index (χ2n) is 11.6. The van der Waals surface area contributed by atoms with Gasteiger partial charge in [-0.3, -0.25) is 9.59 Å². The maximum atomic E-state index is 13.9. The van der Waals surface area contributed by atoms with Gasteiger partial charge >= 0.3 is 12.2 Å². The molecule has 1 aromatic heterocycles. The van der Waals surface area contributed by atoms with E-state index in [2.05, 4.69) is 25.8 Å². The monoisotopic (exact) mass is 628 g/mol. The lowest BCUT2D eigenvalue weighted by Crippen LogP contribution is -2.43. The second kappa shape index (κ2) is 15.7. The van der Waals surface area contributed by atoms with Crippen LogP contribution in [0.25, 0.3) is 11.6 Å². The first-order chi connectivity index (χ1) is 21.2. The molecule has 0 bridgehead atoms. The predicted molar refractivity (Wildman–Crippen MR) is 170 cm³/mol. The Hall–Kier alpha value is -4.23. The number of aromatic nitrogens is 1. The first-order valence-corrected chi connectivity index (χ1v) is 15.2. The van der Waals surface area contributed by atoms with Gasteiger partial charge in [0, 0.05) is 55.4 Å². The Morgan fingerprint density at radius 3 is 2.42 bits per heavy atom. The number of carbonyl (C=O) groups excluding carboxylic acids is 4. The van der Waals surface area contributed by atoms with E-state index in [9.17, 15) is 23.6 Å². The first-order valence-electron chi connectivity index (χ1n) is 15.2. The zero-order chi connectivity index (χ0) is 33.3. The van der Waals surface area contributed by atoms with Crippen molar-refractivity contribution in [2.24, 2.45) is 0 Å². The minimum Gasteiger partial charge on any atom is -0.448 e. The summed E-state index contributed by atoms with van der Waals surface area (Å²) in [7, 11) is 0. The minimum atomic E-state index is -0.777. The van der Waals surface area contributed by atoms with Crippen LogP contribution in [-0.2, 0) is 14.3 Å². The number of hydrogen-bond donors (Lipinski definition) is 4. The zero-order valence-electron chi connectivity index (χ0n) is 27.2. The van der Waals surface area contributed by atoms with Crippen molar-refractivity contribution in [1.29, 1.82) is 0 Å². The fourth-order valence-electron chi connectivity index (χ4n) is 4.86. The van der Waals surface area contributed by atoms with E-state index in [1.165, 1.54) is 18.2 Å². The van der Waals surface area contributed by atoms with Crippen molar-refractivity contribution in [3.63, 3.8) is 0 Å². The highest BCUT2D eigenvalue weighted by Crippen LogP contribution is 2.34. The summed E-state index contributed by atoms with van der Waals surface area (Å²) in [5, 5.41) is 8.43. The van der Waals surface area contributed by atoms with E-state index in [0.717, 1.165) is 18.0 Å². The Balaban J connectivity index is 1.70. The summed E-state index contributed by atoms with van der Waals surface area (Å²) in [6.07, 6.45) is 0.292. The summed E-state index contributed by atoms with van der Waals surface area (Å²) >= 11 is 0. The summed E-state index contributed by atoms with van der Waals surface area (Å²) < 4.78 is 24.6. The number of likely N-dealkylation sites (N-methyl/N-ethyl adjacent to an activating group) is 1. The maximum absolute atomic E-state index is 13.9. The largest absolute Gasteiger partial charge is 0.448 e. The molecule has 1 aliphatic rings. The number of aryl methyl sites for hydroxylation is 1. The van der Waals surface area contributed by atoms with Crippen LogP contribution in [0.1, 0.15) is 67.5 Å². The molecule has 0 radical (unpaired) electrons. The molecule has 12 nitrogen and oxygen atoms in total. The van der Waals surface area contributed by atoms with Gasteiger partial charge in [0.15, 0.2) is 0 Å². The summed E-state index contributed by atoms with van der Waals surface area (Å²) in [6, 6.07) is 4.06. The summed E-state index contributed by atoms with van der Waals surface area (Å²) in [6.45, 7) is 15.9. The van der Waals surface area contributed by atoms with Crippen molar-refractivity contribution in [2.75, 3.05) is 57.7 Å². The molecular formula is C32H45FN6O6. The third kappa shape index (κ3) is 9.63. The molecule has 45 heavy (non-hydrogen) atoms. The molecule has 1 aromatic carbocycles. The molecule has 0 atom stereocenters. The summed E-state index contributed by atoms with van der Waals surface area (Å²) in [5.74, 6) is -1.38. The molecule has 2 aromatic rings. The highest BCUT2D eigenvalue weighted by Gasteiger charge is 2.30. The number of halogens is 1. The third-order valence-electron chi connectivity index (χ3n) is 7.22. The Kier molecular flexibility index (Phi) is 12.3. The van der Waals surface area contributed by atoms with Gasteiger partial charge in [0.1, 0.15) is 18.0 Å². The number of ether oxygens (including phenoxy) is 2. The summed E-state index contributed by atoms with van der Waals surface area (Å²) in [5.41, 5.74) is 2.46. The van der Waals surface area contributed by atoms with Gasteiger partial charge in [0.25, 0.3) is 11.8 Å². The average molecular weight is 629 g/mol. The van der Waals surface area contributed by atoms with Crippen molar-refractivity contribution in [3.8, 4) is 0 Å². The van der Waals surface area contributed by atoms with Crippen LogP contribution in [0.3, 0.4) is 0 Å². The molecule has 0 fully saturated rings. The number of H-pyrrole nitrogens is 1. The molecule has 3 rings (SSSR count). The van der Waals surface area contributed by atoms with Gasteiger partial charge in [-0.1, -0.05) is 13.8 Å². The number of nitrogens with one attached hydrogen (secondary N) is 4. The number of hydrogen-bond acceptors (Lipinski definition) is 8. The molecular weight excluding hydrogens is 583 g/mol. The van der Waals surface area contributed by atoms with E-state index >= 15 is 0 Å². The number of benzene rings is 1. The molecule has 4 amide bonds. The average Bonchev–Trinajstić information content (AvgIpc) is 3.42. The smallest absolute Gasteiger partial charge is 0.416 e. The standard InChI is InChI=1S/C32H45FN6O6/c1-8-38(9-2)15-16-39(31(43)44-17-14-34-12-13-35-30(42)45-32(5,6)7)29(41)27-20(3)26(36-21(27)4)19-24-23-18-22(33)10-11-25(23)37-28(24)40/h10-11,18-19,34,36H,8-9,12-17H2,1-7H3,(H,35,42)(H,37,40)/b24-19-. The molecule has 2 heterocycles. The van der Waals surface area contributed by atoms with Crippen LogP contribution in [0.5, 0.6) is 0 Å². The molecule has 4 N–H and O–H groups in total. The number of fused-ring (bicyclic) bond motifs is 1. The van der Waals surface area contributed by atoms with E-state index < -0.39 is 29.5 Å². The highest BCUT2D eigenvalue weighted by atomic mass is 19.1. The number of amides is 4. The molecule has 0 spiro atoms. The van der Waals surface area contributed by atoms with Crippen molar-refractivity contribution in [3.05, 3.63) is 52.1 Å². The van der Waals surface area contributed by atoms with E-state index in [-0.39, 0.29) is 24.6 Å². The van der Waals surface area contributed by atoms with Crippen molar-refractivity contribution < 1.29 is 33.0 Å². The summed E-state index contributed by atoms with van der Waals surface area (Å²) in [4.78, 5) is 57.9. The molecule has 0 unspecified atom stereocenters. The van der Waals surface area contributed by atoms with Gasteiger partial charge in [-0.2, -0.15) is 0 Å². The van der Waals surface area contributed by atoms with Gasteiger partial charge in [-0.05, 0) is 77.5 Å². The van der Waals surface area contributed by atoms with Crippen molar-refractivity contribution in [1.82, 2.24) is 25.4 Å². The van der Waals surface area contributed by atoms with Gasteiger partial charge in [-0.15, -0.1) is 0 Å². The second-order valence-corrected chi connectivity index (χ2v) is 11.6. The molecule has 0 saturated carbocycles. The van der Waals surface area contributed by atoms with Crippen LogP contribution in [0.15, 0.2) is 18.2 Å². The lowest BCUT2D eigenvalue weighted by atomic mass is 10.0. The molecule has 13 heteroatoms. The van der Waals surface area contributed by atoms with Crippen molar-refractivity contribution in [2.45, 2.75) is 54.1 Å². The SMILES string of the molecule is CCN(CC)CCN(C(=O)OCCNCCNC(=O)OC(C)(C)C)C(=O)c1c(C)[nH]c(/C=C2\C(=O)Nc3ccc(F)cc32)c1C. The van der Waals surface area contributed by atoms with Gasteiger partial charge in [-0.25, -0.2) is 18.9 Å². The number of imide groups is 1. The minimum absolute atomic E-state index is 0.00779. The number of nitrogens with zero attached hydrogens (tertiary/aromatic N) is 2. The fourth-order valence-corrected chi connectivity index (χ4v) is 4.86. The fraction of sp³-hybridized carbons (Fsp3) is 0.500. The number of aromatic amines is 1. The molecule has 0 saturated heterocycles. The van der Waals surface area contributed by atoms with E-state index in [1.807, 2.05) is 13.8 Å². The Morgan fingerprint density at radius 1 is 1.04 bits per heavy atom. The number of alkyl carbamates (subject to hydrolysis) is 1. The van der Waals surface area contributed by atoms with Crippen LogP contribution in [0.4, 0.5) is 19.7 Å².